The van der Waals surface area contributed by atoms with Crippen LogP contribution in [0.2, 0.25) is 5.02 Å². The number of halogens is 1. The van der Waals surface area contributed by atoms with Gasteiger partial charge in [-0.15, -0.1) is 0 Å². The molecule has 0 saturated carbocycles. The first-order chi connectivity index (χ1) is 13.1. The number of carbonyl (C=O) groups is 2. The minimum atomic E-state index is -0.301. The number of urea groups is 1. The van der Waals surface area contributed by atoms with Crippen molar-refractivity contribution in [3.05, 3.63) is 58.6 Å². The summed E-state index contributed by atoms with van der Waals surface area (Å²) in [6.07, 6.45) is 0. The number of hydrogen-bond acceptors (Lipinski definition) is 3. The Labute approximate surface area is 171 Å². The average molecular weight is 403 g/mol. The third-order valence-electron chi connectivity index (χ3n) is 4.33. The minimum absolute atomic E-state index is 0.0978. The minimum Gasteiger partial charge on any atom is -0.491 e. The number of rotatable bonds is 6. The number of ether oxygens (including phenoxy) is 1. The lowest BCUT2D eigenvalue weighted by Crippen LogP contribution is -2.35. The van der Waals surface area contributed by atoms with Crippen LogP contribution in [0.25, 0.3) is 0 Å². The highest BCUT2D eigenvalue weighted by atomic mass is 35.5. The number of Topliss-reactive ketones (excluding diaryl/α,β-unsaturated/α-hetero) is 1. The fourth-order valence-electron chi connectivity index (χ4n) is 2.72. The molecule has 0 heterocycles. The molecule has 0 bridgehead atoms. The van der Waals surface area contributed by atoms with Crippen molar-refractivity contribution in [3.8, 4) is 5.75 Å². The lowest BCUT2D eigenvalue weighted by atomic mass is 9.86. The highest BCUT2D eigenvalue weighted by Crippen LogP contribution is 2.33. The van der Waals surface area contributed by atoms with E-state index in [0.717, 1.165) is 11.3 Å². The summed E-state index contributed by atoms with van der Waals surface area (Å²) >= 11 is 6.12. The van der Waals surface area contributed by atoms with E-state index < -0.39 is 0 Å². The van der Waals surface area contributed by atoms with Gasteiger partial charge in [0.15, 0.2) is 5.78 Å². The monoisotopic (exact) mass is 402 g/mol. The van der Waals surface area contributed by atoms with E-state index in [1.165, 1.54) is 11.8 Å². The Kier molecular flexibility index (Phi) is 7.08. The summed E-state index contributed by atoms with van der Waals surface area (Å²) in [5.74, 6) is 0.659. The number of nitrogens with one attached hydrogen (secondary N) is 1. The zero-order valence-electron chi connectivity index (χ0n) is 17.0. The van der Waals surface area contributed by atoms with E-state index in [2.05, 4.69) is 26.1 Å². The van der Waals surface area contributed by atoms with Crippen molar-refractivity contribution < 1.29 is 14.3 Å². The number of anilines is 1. The Morgan fingerprint density at radius 2 is 1.82 bits per heavy atom. The third-order valence-corrected chi connectivity index (χ3v) is 4.56. The molecule has 0 aliphatic rings. The molecule has 5 nitrogen and oxygen atoms in total. The lowest BCUT2D eigenvalue weighted by Gasteiger charge is -2.24. The topological polar surface area (TPSA) is 58.6 Å². The number of para-hydroxylation sites is 1. The van der Waals surface area contributed by atoms with E-state index in [4.69, 9.17) is 16.3 Å². The molecule has 0 saturated heterocycles. The number of nitrogens with zero attached hydrogens (tertiary/aromatic N) is 1. The molecule has 0 aliphatic heterocycles. The van der Waals surface area contributed by atoms with E-state index in [1.807, 2.05) is 12.1 Å². The van der Waals surface area contributed by atoms with Crippen LogP contribution in [0.3, 0.4) is 0 Å². The largest absolute Gasteiger partial charge is 0.491 e. The molecular weight excluding hydrogens is 376 g/mol. The fraction of sp³-hybridized carbons (Fsp3) is 0.364. The van der Waals surface area contributed by atoms with Gasteiger partial charge in [-0.1, -0.05) is 44.5 Å². The van der Waals surface area contributed by atoms with Gasteiger partial charge in [0, 0.05) is 23.2 Å². The molecule has 0 spiro atoms. The van der Waals surface area contributed by atoms with Gasteiger partial charge < -0.3 is 15.0 Å². The van der Waals surface area contributed by atoms with Crippen LogP contribution in [0.15, 0.2) is 42.5 Å². The van der Waals surface area contributed by atoms with Gasteiger partial charge in [0.05, 0.1) is 12.2 Å². The summed E-state index contributed by atoms with van der Waals surface area (Å²) in [5, 5.41) is 3.44. The molecule has 0 aromatic heterocycles. The first kappa shape index (κ1) is 21.8. The molecular formula is C22H27ClN2O3. The molecule has 0 fully saturated rings. The first-order valence-corrected chi connectivity index (χ1v) is 9.52. The fourth-order valence-corrected chi connectivity index (χ4v) is 2.89. The maximum absolute atomic E-state index is 12.4. The van der Waals surface area contributed by atoms with Gasteiger partial charge in [-0.05, 0) is 42.7 Å². The summed E-state index contributed by atoms with van der Waals surface area (Å²) in [6, 6.07) is 12.2. The summed E-state index contributed by atoms with van der Waals surface area (Å²) in [4.78, 5) is 25.6. The molecule has 1 N–H and O–H groups in total. The number of carbonyl (C=O) groups excluding carboxylic acids is 2. The summed E-state index contributed by atoms with van der Waals surface area (Å²) in [5.41, 5.74) is 1.89. The van der Waals surface area contributed by atoms with Crippen LogP contribution in [0.1, 0.15) is 43.6 Å². The Bertz CT molecular complexity index is 859. The number of likely N-dealkylation sites (N-methyl/N-ethyl adjacent to an activating group) is 1. The van der Waals surface area contributed by atoms with Gasteiger partial charge in [0.25, 0.3) is 0 Å². The van der Waals surface area contributed by atoms with Gasteiger partial charge in [0.1, 0.15) is 12.4 Å². The smallest absolute Gasteiger partial charge is 0.321 e. The highest BCUT2D eigenvalue weighted by Gasteiger charge is 2.20. The molecule has 0 aliphatic carbocycles. The Hall–Kier alpha value is -2.53. The number of hydrogen-bond donors (Lipinski definition) is 1. The van der Waals surface area contributed by atoms with Crippen LogP contribution in [0, 0.1) is 0 Å². The van der Waals surface area contributed by atoms with Crippen LogP contribution in [0.5, 0.6) is 5.75 Å². The summed E-state index contributed by atoms with van der Waals surface area (Å²) in [7, 11) is 1.68. The van der Waals surface area contributed by atoms with Gasteiger partial charge in [-0.25, -0.2) is 4.79 Å². The predicted octanol–water partition coefficient (Wildman–Crippen LogP) is 5.38. The summed E-state index contributed by atoms with van der Waals surface area (Å²) in [6.45, 7) is 8.48. The molecule has 28 heavy (non-hydrogen) atoms. The summed E-state index contributed by atoms with van der Waals surface area (Å²) < 4.78 is 5.92. The van der Waals surface area contributed by atoms with Crippen molar-refractivity contribution in [1.82, 2.24) is 4.90 Å². The van der Waals surface area contributed by atoms with E-state index in [9.17, 15) is 9.59 Å². The molecule has 2 aromatic carbocycles. The molecule has 2 aromatic rings. The SMILES string of the molecule is CC(=O)c1ccccc1NC(=O)N(C)CCOc1ccc(Cl)cc1C(C)(C)C. The zero-order chi connectivity index (χ0) is 20.9. The normalized spacial score (nSPS) is 11.1. The Morgan fingerprint density at radius 3 is 2.46 bits per heavy atom. The maximum atomic E-state index is 12.4. The third kappa shape index (κ3) is 5.73. The molecule has 0 unspecified atom stereocenters. The average Bonchev–Trinajstić information content (AvgIpc) is 2.62. The predicted molar refractivity (Wildman–Crippen MR) is 114 cm³/mol. The van der Waals surface area contributed by atoms with Crippen LogP contribution < -0.4 is 10.1 Å². The lowest BCUT2D eigenvalue weighted by molar-refractivity contribution is 0.101. The number of ketones is 1. The van der Waals surface area contributed by atoms with Gasteiger partial charge >= 0.3 is 6.03 Å². The van der Waals surface area contributed by atoms with Gasteiger partial charge in [-0.3, -0.25) is 4.79 Å². The van der Waals surface area contributed by atoms with Crippen LogP contribution in [-0.2, 0) is 5.41 Å². The highest BCUT2D eigenvalue weighted by molar-refractivity contribution is 6.30. The number of benzene rings is 2. The number of amides is 2. The van der Waals surface area contributed by atoms with Crippen molar-refractivity contribution in [2.24, 2.45) is 0 Å². The van der Waals surface area contributed by atoms with Crippen molar-refractivity contribution in [2.75, 3.05) is 25.5 Å². The quantitative estimate of drug-likeness (QED) is 0.659. The standard InChI is InChI=1S/C22H27ClN2O3/c1-15(26)17-8-6-7-9-19(17)24-21(27)25(5)12-13-28-20-11-10-16(23)14-18(20)22(2,3)4/h6-11,14H,12-13H2,1-5H3,(H,24,27). The maximum Gasteiger partial charge on any atom is 0.321 e. The molecule has 2 amide bonds. The van der Waals surface area contributed by atoms with E-state index >= 15 is 0 Å². The molecule has 0 radical (unpaired) electrons. The Balaban J connectivity index is 1.97. The van der Waals surface area contributed by atoms with Crippen molar-refractivity contribution in [2.45, 2.75) is 33.1 Å². The second kappa shape index (κ2) is 9.11. The van der Waals surface area contributed by atoms with E-state index in [-0.39, 0.29) is 17.2 Å². The van der Waals surface area contributed by atoms with Crippen molar-refractivity contribution >= 4 is 29.1 Å². The van der Waals surface area contributed by atoms with Crippen LogP contribution in [0.4, 0.5) is 10.5 Å². The van der Waals surface area contributed by atoms with Crippen LogP contribution in [-0.4, -0.2) is 36.9 Å². The second-order valence-corrected chi connectivity index (χ2v) is 8.13. The van der Waals surface area contributed by atoms with Crippen molar-refractivity contribution in [3.63, 3.8) is 0 Å². The molecule has 6 heteroatoms. The Morgan fingerprint density at radius 1 is 1.14 bits per heavy atom. The first-order valence-electron chi connectivity index (χ1n) is 9.14. The molecule has 150 valence electrons. The van der Waals surface area contributed by atoms with Crippen molar-refractivity contribution in [1.29, 1.82) is 0 Å². The van der Waals surface area contributed by atoms with E-state index in [0.29, 0.717) is 29.4 Å². The second-order valence-electron chi connectivity index (χ2n) is 7.69. The van der Waals surface area contributed by atoms with Gasteiger partial charge in [0.2, 0.25) is 0 Å². The zero-order valence-corrected chi connectivity index (χ0v) is 17.8. The molecule has 2 rings (SSSR count). The van der Waals surface area contributed by atoms with Gasteiger partial charge in [-0.2, -0.15) is 0 Å². The van der Waals surface area contributed by atoms with E-state index in [1.54, 1.807) is 37.4 Å². The molecule has 0 atom stereocenters. The van der Waals surface area contributed by atoms with Crippen LogP contribution >= 0.6 is 11.6 Å².